The van der Waals surface area contributed by atoms with Gasteiger partial charge in [0, 0.05) is 17.3 Å². The summed E-state index contributed by atoms with van der Waals surface area (Å²) in [5, 5.41) is 12.0. The van der Waals surface area contributed by atoms with Crippen molar-refractivity contribution in [1.82, 2.24) is 20.5 Å². The Labute approximate surface area is 164 Å². The molecule has 10 heteroatoms. The normalized spacial score (nSPS) is 10.6. The van der Waals surface area contributed by atoms with E-state index in [1.54, 1.807) is 18.4 Å². The summed E-state index contributed by atoms with van der Waals surface area (Å²) >= 11 is 1.13. The van der Waals surface area contributed by atoms with Crippen LogP contribution in [0.1, 0.15) is 39.3 Å². The van der Waals surface area contributed by atoms with Gasteiger partial charge in [-0.3, -0.25) is 14.7 Å². The van der Waals surface area contributed by atoms with E-state index in [0.29, 0.717) is 11.1 Å². The highest BCUT2D eigenvalue weighted by Gasteiger charge is 2.15. The third-order valence-corrected chi connectivity index (χ3v) is 4.55. The lowest BCUT2D eigenvalue weighted by Gasteiger charge is -2.04. The van der Waals surface area contributed by atoms with E-state index in [1.165, 1.54) is 0 Å². The van der Waals surface area contributed by atoms with Gasteiger partial charge in [0.1, 0.15) is 6.61 Å². The Morgan fingerprint density at radius 1 is 1.21 bits per heavy atom. The highest BCUT2D eigenvalue weighted by Crippen LogP contribution is 2.15. The molecule has 0 radical (unpaired) electrons. The molecule has 2 aromatic heterocycles. The molecule has 3 rings (SSSR count). The summed E-state index contributed by atoms with van der Waals surface area (Å²) in [4.78, 5) is 39.6. The average molecular weight is 402 g/mol. The maximum atomic E-state index is 12.2. The number of nitrogens with one attached hydrogen (secondary N) is 2. The van der Waals surface area contributed by atoms with Gasteiger partial charge in [0.2, 0.25) is 5.01 Å². The molecule has 146 valence electrons. The number of rotatable bonds is 8. The Morgan fingerprint density at radius 3 is 2.86 bits per heavy atom. The minimum atomic E-state index is -0.501. The van der Waals surface area contributed by atoms with Gasteiger partial charge >= 0.3 is 11.9 Å². The predicted octanol–water partition coefficient (Wildman–Crippen LogP) is 2.06. The van der Waals surface area contributed by atoms with Crippen molar-refractivity contribution >= 4 is 40.1 Å². The molecule has 0 saturated carbocycles. The molecule has 0 atom stereocenters. The molecule has 0 saturated heterocycles. The molecule has 0 aliphatic carbocycles. The number of aromatic amines is 1. The molecule has 28 heavy (non-hydrogen) atoms. The van der Waals surface area contributed by atoms with Crippen LogP contribution in [0.25, 0.3) is 10.9 Å². The Hall–Kier alpha value is -3.27. The highest BCUT2D eigenvalue weighted by atomic mass is 32.1. The molecule has 0 bridgehead atoms. The predicted molar refractivity (Wildman–Crippen MR) is 101 cm³/mol. The summed E-state index contributed by atoms with van der Waals surface area (Å²) in [5.74, 6) is -1.36. The fourth-order valence-corrected chi connectivity index (χ4v) is 3.08. The molecule has 1 aromatic carbocycles. The van der Waals surface area contributed by atoms with Crippen LogP contribution in [0.3, 0.4) is 0 Å². The Bertz CT molecular complexity index is 997. The van der Waals surface area contributed by atoms with Crippen molar-refractivity contribution in [2.24, 2.45) is 0 Å². The van der Waals surface area contributed by atoms with Crippen molar-refractivity contribution in [3.63, 3.8) is 0 Å². The second-order valence-corrected chi connectivity index (χ2v) is 6.51. The van der Waals surface area contributed by atoms with Crippen molar-refractivity contribution < 1.29 is 23.9 Å². The highest BCUT2D eigenvalue weighted by molar-refractivity contribution is 7.11. The van der Waals surface area contributed by atoms with Crippen LogP contribution in [0.4, 0.5) is 0 Å². The van der Waals surface area contributed by atoms with Gasteiger partial charge in [-0.2, -0.15) is 5.10 Å². The standard InChI is InChI=1S/C18H18N4O5S/c1-2-26-18(25)17-20-11(10-28-17)9-27-14(23)7-8-19-16(24)15-12-5-3-4-6-13(12)21-22-15/h3-6,10H,2,7-9H2,1H3,(H,19,24)(H,21,22). The number of hydrogen-bond donors (Lipinski definition) is 2. The number of hydrogen-bond acceptors (Lipinski definition) is 8. The summed E-state index contributed by atoms with van der Waals surface area (Å²) in [6.07, 6.45) is 0.00294. The molecule has 0 aliphatic heterocycles. The van der Waals surface area contributed by atoms with E-state index < -0.39 is 11.9 Å². The number of H-pyrrole nitrogens is 1. The Morgan fingerprint density at radius 2 is 2.04 bits per heavy atom. The number of benzene rings is 1. The third kappa shape index (κ3) is 4.71. The molecule has 3 aromatic rings. The maximum absolute atomic E-state index is 12.2. The van der Waals surface area contributed by atoms with Crippen LogP contribution in [0, 0.1) is 0 Å². The minimum Gasteiger partial charge on any atom is -0.461 e. The monoisotopic (exact) mass is 402 g/mol. The number of carbonyl (C=O) groups excluding carboxylic acids is 3. The number of thiazole rings is 1. The second-order valence-electron chi connectivity index (χ2n) is 5.65. The molecule has 2 N–H and O–H groups in total. The van der Waals surface area contributed by atoms with Gasteiger partial charge in [-0.25, -0.2) is 9.78 Å². The van der Waals surface area contributed by atoms with Gasteiger partial charge in [0.15, 0.2) is 5.69 Å². The summed E-state index contributed by atoms with van der Waals surface area (Å²) in [6, 6.07) is 7.27. The van der Waals surface area contributed by atoms with Crippen LogP contribution in [0.5, 0.6) is 0 Å². The number of esters is 2. The molecule has 0 spiro atoms. The van der Waals surface area contributed by atoms with Gasteiger partial charge in [-0.05, 0) is 13.0 Å². The van der Waals surface area contributed by atoms with Gasteiger partial charge in [-0.15, -0.1) is 11.3 Å². The molecule has 0 fully saturated rings. The molecule has 0 unspecified atom stereocenters. The topological polar surface area (TPSA) is 123 Å². The number of fused-ring (bicyclic) bond motifs is 1. The molecular formula is C18H18N4O5S. The van der Waals surface area contributed by atoms with Gasteiger partial charge in [-0.1, -0.05) is 18.2 Å². The second kappa shape index (κ2) is 9.09. The number of ether oxygens (including phenoxy) is 2. The van der Waals surface area contributed by atoms with E-state index in [0.717, 1.165) is 16.9 Å². The number of carbonyl (C=O) groups is 3. The van der Waals surface area contributed by atoms with E-state index >= 15 is 0 Å². The molecule has 0 aliphatic rings. The SMILES string of the molecule is CCOC(=O)c1nc(COC(=O)CCNC(=O)c2n[nH]c3ccccc23)cs1. The van der Waals surface area contributed by atoms with E-state index in [-0.39, 0.29) is 42.8 Å². The zero-order chi connectivity index (χ0) is 19.9. The van der Waals surface area contributed by atoms with Crippen LogP contribution >= 0.6 is 11.3 Å². The van der Waals surface area contributed by atoms with Crippen LogP contribution in [-0.4, -0.2) is 46.2 Å². The molecule has 1 amide bonds. The zero-order valence-electron chi connectivity index (χ0n) is 15.1. The summed E-state index contributed by atoms with van der Waals surface area (Å²) in [5.41, 5.74) is 1.50. The van der Waals surface area contributed by atoms with Crippen molar-refractivity contribution in [2.75, 3.05) is 13.2 Å². The maximum Gasteiger partial charge on any atom is 0.367 e. The van der Waals surface area contributed by atoms with E-state index in [9.17, 15) is 14.4 Å². The third-order valence-electron chi connectivity index (χ3n) is 3.68. The number of para-hydroxylation sites is 1. The van der Waals surface area contributed by atoms with Crippen LogP contribution in [-0.2, 0) is 20.9 Å². The number of amides is 1. The number of aromatic nitrogens is 3. The van der Waals surface area contributed by atoms with Crippen LogP contribution in [0.2, 0.25) is 0 Å². The van der Waals surface area contributed by atoms with E-state index in [4.69, 9.17) is 9.47 Å². The lowest BCUT2D eigenvalue weighted by Crippen LogP contribution is -2.27. The average Bonchev–Trinajstić information content (AvgIpc) is 3.33. The lowest BCUT2D eigenvalue weighted by atomic mass is 10.2. The van der Waals surface area contributed by atoms with Gasteiger partial charge < -0.3 is 14.8 Å². The van der Waals surface area contributed by atoms with Crippen LogP contribution < -0.4 is 5.32 Å². The van der Waals surface area contributed by atoms with E-state index in [2.05, 4.69) is 20.5 Å². The summed E-state index contributed by atoms with van der Waals surface area (Å²) in [6.45, 7) is 2.04. The first-order chi connectivity index (χ1) is 13.6. The molecule has 2 heterocycles. The first-order valence-electron chi connectivity index (χ1n) is 8.57. The first-order valence-corrected chi connectivity index (χ1v) is 9.45. The van der Waals surface area contributed by atoms with Crippen molar-refractivity contribution in [3.05, 3.63) is 46.0 Å². The lowest BCUT2D eigenvalue weighted by molar-refractivity contribution is -0.144. The van der Waals surface area contributed by atoms with Gasteiger partial charge in [0.25, 0.3) is 5.91 Å². The minimum absolute atomic E-state index is 0.00294. The quantitative estimate of drug-likeness (QED) is 0.553. The summed E-state index contributed by atoms with van der Waals surface area (Å²) < 4.78 is 9.96. The molecule has 9 nitrogen and oxygen atoms in total. The largest absolute Gasteiger partial charge is 0.461 e. The van der Waals surface area contributed by atoms with Crippen molar-refractivity contribution in [2.45, 2.75) is 20.0 Å². The fraction of sp³-hybridized carbons (Fsp3) is 0.278. The first kappa shape index (κ1) is 19.5. The van der Waals surface area contributed by atoms with Crippen molar-refractivity contribution in [3.8, 4) is 0 Å². The Kier molecular flexibility index (Phi) is 6.33. The smallest absolute Gasteiger partial charge is 0.367 e. The summed E-state index contributed by atoms with van der Waals surface area (Å²) in [7, 11) is 0. The Balaban J connectivity index is 1.42. The van der Waals surface area contributed by atoms with Crippen molar-refractivity contribution in [1.29, 1.82) is 0 Å². The molecular weight excluding hydrogens is 384 g/mol. The fourth-order valence-electron chi connectivity index (χ4n) is 2.38. The van der Waals surface area contributed by atoms with Crippen LogP contribution in [0.15, 0.2) is 29.6 Å². The van der Waals surface area contributed by atoms with E-state index in [1.807, 2.05) is 18.2 Å². The number of nitrogens with zero attached hydrogens (tertiary/aromatic N) is 2. The van der Waals surface area contributed by atoms with Gasteiger partial charge in [0.05, 0.1) is 24.2 Å². The zero-order valence-corrected chi connectivity index (χ0v) is 15.9.